The highest BCUT2D eigenvalue weighted by Crippen LogP contribution is 2.13. The van der Waals surface area contributed by atoms with Gasteiger partial charge in [-0.25, -0.2) is 24.0 Å². The molecule has 2 N–H and O–H groups in total. The molecule has 17 heteroatoms. The summed E-state index contributed by atoms with van der Waals surface area (Å²) in [5.74, 6) is -1.66. The van der Waals surface area contributed by atoms with Crippen molar-refractivity contribution in [3.8, 4) is 5.75 Å². The Morgan fingerprint density at radius 1 is 0.537 bits per heavy atom. The molecule has 444 valence electrons. The van der Waals surface area contributed by atoms with E-state index in [1.807, 2.05) is 70.2 Å². The van der Waals surface area contributed by atoms with Crippen LogP contribution in [0.25, 0.3) is 6.08 Å². The second-order valence-corrected chi connectivity index (χ2v) is 16.0. The number of hydrogen-bond acceptors (Lipinski definition) is 15. The second-order valence-electron chi connectivity index (χ2n) is 16.0. The molecule has 0 heterocycles. The SMILES string of the molecule is C=C(C)C(=O)NCC.C=C(C)C(=O)OCC.C=C(C)C(=O)OCC(C)COC(=O)C(=C)C.C=CC(=O)NCC.C=CC(=O)OCC(C)COC(=O)C=C.C=CCC.C=COCC.COc1ccc(C(=O)C=Cc2ccccc2)cc1. The standard InChI is InChI=1S/C16H14O2.C12H18O4.C10H14O4.C6H11NO.C6H10O2.C5H9NO.C4H8O.C4H8/c1-18-15-10-8-14(9-11-15)16(17)12-7-13-5-3-2-4-6-13;1-8(2)11(13)15-6-10(5)7-16-12(14)9(3)4;1-4-9(11)13-6-8(3)7-14-10(12)5-2;1-4-7-6(8)5(2)3;1-4-8-6(7)5(2)3;1-3-5(7)6-4-2;1-3-5-4-2;1-3-4-2/h2-12H,1H3;10H,1,3,6-7H2,2,4-5H3;4-5,8H,1-2,6-7H2,3H3;2,4H2,1,3H3,(H,7,8);2,4H2,1,3H3;3H,1,4H2,2H3,(H,6,7);3H,1,4H2,2H3;3H,1,4H2,2H3. The molecular weight excluding hydrogens is 1020 g/mol. The van der Waals surface area contributed by atoms with Gasteiger partial charge in [0.05, 0.1) is 53.0 Å². The van der Waals surface area contributed by atoms with Gasteiger partial charge in [-0.1, -0.05) is 116 Å². The third-order valence-electron chi connectivity index (χ3n) is 8.11. The summed E-state index contributed by atoms with van der Waals surface area (Å²) in [5, 5.41) is 5.14. The van der Waals surface area contributed by atoms with Gasteiger partial charge in [-0.05, 0) is 104 Å². The van der Waals surface area contributed by atoms with Crippen LogP contribution < -0.4 is 15.4 Å². The van der Waals surface area contributed by atoms with Crippen molar-refractivity contribution in [2.24, 2.45) is 11.8 Å². The van der Waals surface area contributed by atoms with E-state index in [4.69, 9.17) is 23.7 Å². The van der Waals surface area contributed by atoms with Crippen molar-refractivity contribution in [1.82, 2.24) is 10.6 Å². The van der Waals surface area contributed by atoms with Crippen molar-refractivity contribution in [3.05, 3.63) is 184 Å². The molecule has 0 radical (unpaired) electrons. The van der Waals surface area contributed by atoms with Crippen LogP contribution in [0, 0.1) is 11.8 Å². The van der Waals surface area contributed by atoms with E-state index in [0.717, 1.165) is 36.5 Å². The minimum absolute atomic E-state index is 0.0125. The number of nitrogens with one attached hydrogen (secondary N) is 2. The van der Waals surface area contributed by atoms with Crippen LogP contribution in [-0.2, 0) is 62.0 Å². The normalized spacial score (nSPS) is 8.97. The summed E-state index contributed by atoms with van der Waals surface area (Å²) in [5.41, 5.74) is 3.39. The number of ether oxygens (including phenoxy) is 7. The van der Waals surface area contributed by atoms with Crippen LogP contribution in [-0.4, -0.2) is 107 Å². The van der Waals surface area contributed by atoms with Crippen LogP contribution >= 0.6 is 0 Å². The quantitative estimate of drug-likeness (QED) is 0.0235. The minimum Gasteiger partial charge on any atom is -0.502 e. The highest BCUT2D eigenvalue weighted by molar-refractivity contribution is 6.06. The highest BCUT2D eigenvalue weighted by Gasteiger charge is 2.11. The smallest absolute Gasteiger partial charge is 0.333 e. The van der Waals surface area contributed by atoms with E-state index in [-0.39, 0.29) is 61.8 Å². The van der Waals surface area contributed by atoms with Crippen molar-refractivity contribution < 1.29 is 71.5 Å². The topological polar surface area (TPSA) is 225 Å². The molecule has 0 aliphatic heterocycles. The van der Waals surface area contributed by atoms with Crippen LogP contribution in [0.1, 0.15) is 98.5 Å². The van der Waals surface area contributed by atoms with Gasteiger partial charge in [0.25, 0.3) is 0 Å². The molecule has 17 nitrogen and oxygen atoms in total. The van der Waals surface area contributed by atoms with Gasteiger partial charge in [0, 0.05) is 64.9 Å². The number of hydrogen-bond donors (Lipinski definition) is 2. The molecule has 0 unspecified atom stereocenters. The van der Waals surface area contributed by atoms with Crippen molar-refractivity contribution in [2.75, 3.05) is 59.8 Å². The van der Waals surface area contributed by atoms with E-state index in [0.29, 0.717) is 47.6 Å². The number of rotatable bonds is 25. The van der Waals surface area contributed by atoms with Crippen LogP contribution in [0.4, 0.5) is 0 Å². The fourth-order valence-electron chi connectivity index (χ4n) is 3.86. The highest BCUT2D eigenvalue weighted by atomic mass is 16.6. The van der Waals surface area contributed by atoms with Gasteiger partial charge in [-0.15, -0.1) is 6.58 Å². The molecular formula is C63H92N2O15. The molecule has 2 amide bonds. The zero-order valence-electron chi connectivity index (χ0n) is 49.7. The first kappa shape index (κ1) is 82.7. The lowest BCUT2D eigenvalue weighted by atomic mass is 10.1. The summed E-state index contributed by atoms with van der Waals surface area (Å²) < 4.78 is 33.5. The Bertz CT molecular complexity index is 2140. The molecule has 0 saturated heterocycles. The number of likely N-dealkylation sites (N-methyl/N-ethyl adjacent to an activating group) is 2. The number of esters is 5. The molecule has 0 spiro atoms. The van der Waals surface area contributed by atoms with Crippen molar-refractivity contribution in [1.29, 1.82) is 0 Å². The summed E-state index contributed by atoms with van der Waals surface area (Å²) in [6.07, 6.45) is 11.2. The number of carbonyl (C=O) groups is 8. The maximum atomic E-state index is 11.9. The van der Waals surface area contributed by atoms with Crippen molar-refractivity contribution in [3.63, 3.8) is 0 Å². The van der Waals surface area contributed by atoms with Crippen LogP contribution in [0.5, 0.6) is 5.75 Å². The Kier molecular flexibility index (Phi) is 60.1. The minimum atomic E-state index is -0.480. The predicted octanol–water partition coefficient (Wildman–Crippen LogP) is 11.4. The summed E-state index contributed by atoms with van der Waals surface area (Å²) in [4.78, 5) is 86.4. The maximum Gasteiger partial charge on any atom is 0.333 e. The summed E-state index contributed by atoms with van der Waals surface area (Å²) in [7, 11) is 1.60. The molecule has 2 aromatic rings. The first-order valence-electron chi connectivity index (χ1n) is 25.4. The summed E-state index contributed by atoms with van der Waals surface area (Å²) in [6, 6.07) is 16.8. The van der Waals surface area contributed by atoms with E-state index in [1.54, 1.807) is 79.0 Å². The lowest BCUT2D eigenvalue weighted by Gasteiger charge is -2.12. The van der Waals surface area contributed by atoms with E-state index in [1.165, 1.54) is 12.3 Å². The summed E-state index contributed by atoms with van der Waals surface area (Å²) >= 11 is 0. The fraction of sp³-hybridized carbons (Fsp3) is 0.365. The van der Waals surface area contributed by atoms with E-state index in [9.17, 15) is 38.4 Å². The summed E-state index contributed by atoms with van der Waals surface area (Å²) in [6.45, 7) is 53.2. The number of methoxy groups -OCH3 is 1. The second kappa shape index (κ2) is 58.1. The molecule has 0 saturated carbocycles. The van der Waals surface area contributed by atoms with E-state index in [2.05, 4.69) is 86.2 Å². The van der Waals surface area contributed by atoms with Gasteiger partial charge in [0.15, 0.2) is 5.78 Å². The van der Waals surface area contributed by atoms with Crippen molar-refractivity contribution >= 4 is 53.5 Å². The monoisotopic (exact) mass is 1120 g/mol. The molecule has 0 bridgehead atoms. The molecule has 0 aliphatic rings. The fourth-order valence-corrected chi connectivity index (χ4v) is 3.86. The number of allylic oxidation sites excluding steroid dienone is 2. The maximum absolute atomic E-state index is 11.9. The van der Waals surface area contributed by atoms with Gasteiger partial charge in [0.2, 0.25) is 11.8 Å². The number of amides is 2. The molecule has 0 aliphatic carbocycles. The zero-order chi connectivity index (χ0) is 62.9. The van der Waals surface area contributed by atoms with Crippen molar-refractivity contribution in [2.45, 2.75) is 82.6 Å². The molecule has 0 aromatic heterocycles. The third kappa shape index (κ3) is 58.7. The van der Waals surface area contributed by atoms with Gasteiger partial charge < -0.3 is 43.8 Å². The van der Waals surface area contributed by atoms with E-state index >= 15 is 0 Å². The molecule has 0 atom stereocenters. The molecule has 2 aromatic carbocycles. The Hall–Kier alpha value is -8.60. The predicted molar refractivity (Wildman–Crippen MR) is 321 cm³/mol. The molecule has 2 rings (SSSR count). The van der Waals surface area contributed by atoms with Gasteiger partial charge in [-0.3, -0.25) is 14.4 Å². The lowest BCUT2D eigenvalue weighted by Crippen LogP contribution is -2.22. The van der Waals surface area contributed by atoms with Crippen LogP contribution in [0.15, 0.2) is 173 Å². The Balaban J connectivity index is -0.000000205. The van der Waals surface area contributed by atoms with Crippen LogP contribution in [0.3, 0.4) is 0 Å². The first-order chi connectivity index (χ1) is 37.7. The number of ketones is 1. The van der Waals surface area contributed by atoms with Crippen LogP contribution in [0.2, 0.25) is 0 Å². The van der Waals surface area contributed by atoms with Gasteiger partial charge >= 0.3 is 29.8 Å². The zero-order valence-corrected chi connectivity index (χ0v) is 49.7. The number of carbonyl (C=O) groups excluding carboxylic acids is 8. The largest absolute Gasteiger partial charge is 0.502 e. The first-order valence-corrected chi connectivity index (χ1v) is 25.4. The van der Waals surface area contributed by atoms with E-state index < -0.39 is 23.9 Å². The Labute approximate surface area is 477 Å². The van der Waals surface area contributed by atoms with Gasteiger partial charge in [-0.2, -0.15) is 0 Å². The van der Waals surface area contributed by atoms with Gasteiger partial charge in [0.1, 0.15) is 5.75 Å². The lowest BCUT2D eigenvalue weighted by molar-refractivity contribution is -0.145. The average Bonchev–Trinajstić information content (AvgIpc) is 3.45. The number of benzene rings is 2. The molecule has 80 heavy (non-hydrogen) atoms. The molecule has 0 fully saturated rings. The Morgan fingerprint density at radius 2 is 0.950 bits per heavy atom. The third-order valence-corrected chi connectivity index (χ3v) is 8.11. The average molecular weight is 1120 g/mol. The Morgan fingerprint density at radius 3 is 1.21 bits per heavy atom.